The lowest BCUT2D eigenvalue weighted by molar-refractivity contribution is 0.202. The Hall–Kier alpha value is -3.18. The average molecular weight is 399 g/mol. The third-order valence-corrected chi connectivity index (χ3v) is 6.01. The Labute approximate surface area is 177 Å². The molecule has 3 heterocycles. The van der Waals surface area contributed by atoms with Gasteiger partial charge in [-0.15, -0.1) is 0 Å². The van der Waals surface area contributed by atoms with Gasteiger partial charge in [0, 0.05) is 24.5 Å². The molecule has 4 aromatic rings. The van der Waals surface area contributed by atoms with Crippen molar-refractivity contribution in [2.45, 2.75) is 32.2 Å². The van der Waals surface area contributed by atoms with Crippen LogP contribution >= 0.6 is 0 Å². The fourth-order valence-corrected chi connectivity index (χ4v) is 4.24. The first-order valence-electron chi connectivity index (χ1n) is 10.6. The number of hydrogen-bond acceptors (Lipinski definition) is 4. The Morgan fingerprint density at radius 3 is 2.43 bits per heavy atom. The van der Waals surface area contributed by atoms with Crippen LogP contribution in [0.1, 0.15) is 35.8 Å². The van der Waals surface area contributed by atoms with Gasteiger partial charge in [0.1, 0.15) is 5.76 Å². The summed E-state index contributed by atoms with van der Waals surface area (Å²) in [7, 11) is 0. The molecular formula is C25H26N4O. The van der Waals surface area contributed by atoms with E-state index in [9.17, 15) is 0 Å². The number of oxazole rings is 1. The first kappa shape index (κ1) is 18.8. The molecule has 5 nitrogen and oxygen atoms in total. The summed E-state index contributed by atoms with van der Waals surface area (Å²) >= 11 is 0. The lowest BCUT2D eigenvalue weighted by atomic mass is 9.89. The van der Waals surface area contributed by atoms with Crippen LogP contribution in [-0.4, -0.2) is 32.8 Å². The molecule has 1 saturated heterocycles. The highest BCUT2D eigenvalue weighted by atomic mass is 16.4. The Morgan fingerprint density at radius 2 is 1.73 bits per heavy atom. The first-order valence-corrected chi connectivity index (χ1v) is 10.6. The summed E-state index contributed by atoms with van der Waals surface area (Å²) in [6.45, 7) is 5.06. The van der Waals surface area contributed by atoms with Gasteiger partial charge in [-0.1, -0.05) is 30.3 Å². The highest BCUT2D eigenvalue weighted by molar-refractivity contribution is 5.56. The molecule has 0 unspecified atom stereocenters. The van der Waals surface area contributed by atoms with Gasteiger partial charge in [-0.2, -0.15) is 5.10 Å². The van der Waals surface area contributed by atoms with Crippen LogP contribution in [0.15, 0.2) is 77.5 Å². The van der Waals surface area contributed by atoms with E-state index in [2.05, 4.69) is 40.3 Å². The largest absolute Gasteiger partial charge is 0.441 e. The van der Waals surface area contributed by atoms with E-state index in [1.165, 1.54) is 18.4 Å². The van der Waals surface area contributed by atoms with Gasteiger partial charge in [0.2, 0.25) is 5.89 Å². The number of hydrogen-bond donors (Lipinski definition) is 0. The van der Waals surface area contributed by atoms with Gasteiger partial charge in [0.15, 0.2) is 0 Å². The van der Waals surface area contributed by atoms with Crippen LogP contribution in [-0.2, 0) is 6.54 Å². The summed E-state index contributed by atoms with van der Waals surface area (Å²) in [5.74, 6) is 2.27. The Balaban J connectivity index is 1.24. The van der Waals surface area contributed by atoms with Crippen molar-refractivity contribution in [2.75, 3.05) is 13.1 Å². The van der Waals surface area contributed by atoms with Gasteiger partial charge in [-0.25, -0.2) is 9.67 Å². The highest BCUT2D eigenvalue weighted by Crippen LogP contribution is 2.29. The molecule has 1 aliphatic heterocycles. The number of aryl methyl sites for hydroxylation is 1. The van der Waals surface area contributed by atoms with Gasteiger partial charge in [0.25, 0.3) is 0 Å². The second kappa shape index (κ2) is 8.28. The van der Waals surface area contributed by atoms with Crippen LogP contribution in [0.5, 0.6) is 0 Å². The third-order valence-electron chi connectivity index (χ3n) is 6.01. The summed E-state index contributed by atoms with van der Waals surface area (Å²) in [4.78, 5) is 7.31. The molecule has 0 bridgehead atoms. The zero-order valence-corrected chi connectivity index (χ0v) is 17.2. The fourth-order valence-electron chi connectivity index (χ4n) is 4.24. The average Bonchev–Trinajstić information content (AvgIpc) is 3.46. The first-order chi connectivity index (χ1) is 14.8. The van der Waals surface area contributed by atoms with E-state index in [0.29, 0.717) is 11.8 Å². The molecule has 0 aliphatic carbocycles. The highest BCUT2D eigenvalue weighted by Gasteiger charge is 2.22. The van der Waals surface area contributed by atoms with E-state index in [1.54, 1.807) is 6.20 Å². The van der Waals surface area contributed by atoms with E-state index in [4.69, 9.17) is 9.40 Å². The Morgan fingerprint density at radius 1 is 0.967 bits per heavy atom. The third kappa shape index (κ3) is 3.94. The topological polar surface area (TPSA) is 47.1 Å². The molecule has 5 heteroatoms. The zero-order chi connectivity index (χ0) is 20.3. The van der Waals surface area contributed by atoms with E-state index in [-0.39, 0.29) is 0 Å². The van der Waals surface area contributed by atoms with Crippen molar-refractivity contribution < 1.29 is 4.42 Å². The normalized spacial score (nSPS) is 15.5. The van der Waals surface area contributed by atoms with Crippen molar-refractivity contribution in [1.82, 2.24) is 19.7 Å². The van der Waals surface area contributed by atoms with Crippen LogP contribution in [0.2, 0.25) is 0 Å². The number of piperidine rings is 1. The summed E-state index contributed by atoms with van der Waals surface area (Å²) in [6, 6.07) is 21.0. The molecule has 30 heavy (non-hydrogen) atoms. The molecule has 1 fully saturated rings. The van der Waals surface area contributed by atoms with E-state index < -0.39 is 0 Å². The summed E-state index contributed by atoms with van der Waals surface area (Å²) < 4.78 is 7.85. The van der Waals surface area contributed by atoms with E-state index in [1.807, 2.05) is 48.1 Å². The van der Waals surface area contributed by atoms with Crippen molar-refractivity contribution in [3.8, 4) is 17.1 Å². The lowest BCUT2D eigenvalue weighted by Crippen LogP contribution is -2.32. The van der Waals surface area contributed by atoms with E-state index in [0.717, 1.165) is 42.3 Å². The van der Waals surface area contributed by atoms with Gasteiger partial charge in [-0.05, 0) is 74.7 Å². The van der Waals surface area contributed by atoms with Crippen LogP contribution < -0.4 is 0 Å². The Bertz CT molecular complexity index is 1080. The second-order valence-electron chi connectivity index (χ2n) is 7.98. The minimum absolute atomic E-state index is 0.671. The van der Waals surface area contributed by atoms with Gasteiger partial charge in [-0.3, -0.25) is 4.90 Å². The monoisotopic (exact) mass is 398 g/mol. The fraction of sp³-hybridized carbons (Fsp3) is 0.280. The number of benzene rings is 2. The van der Waals surface area contributed by atoms with Crippen LogP contribution in [0.4, 0.5) is 0 Å². The van der Waals surface area contributed by atoms with Gasteiger partial charge < -0.3 is 4.42 Å². The van der Waals surface area contributed by atoms with Gasteiger partial charge >= 0.3 is 0 Å². The molecule has 2 aromatic heterocycles. The molecule has 0 amide bonds. The van der Waals surface area contributed by atoms with Crippen LogP contribution in [0.3, 0.4) is 0 Å². The maximum Gasteiger partial charge on any atom is 0.226 e. The molecule has 152 valence electrons. The van der Waals surface area contributed by atoms with E-state index >= 15 is 0 Å². The van der Waals surface area contributed by atoms with Crippen molar-refractivity contribution in [3.63, 3.8) is 0 Å². The van der Waals surface area contributed by atoms with Gasteiger partial charge in [0.05, 0.1) is 11.4 Å². The summed E-state index contributed by atoms with van der Waals surface area (Å²) in [5, 5.41) is 4.27. The van der Waals surface area contributed by atoms with Crippen LogP contribution in [0.25, 0.3) is 17.1 Å². The summed E-state index contributed by atoms with van der Waals surface area (Å²) in [5.41, 5.74) is 4.52. The number of aromatic nitrogens is 3. The van der Waals surface area contributed by atoms with Crippen molar-refractivity contribution in [2.24, 2.45) is 0 Å². The molecule has 2 aromatic carbocycles. The molecular weight excluding hydrogens is 372 g/mol. The van der Waals surface area contributed by atoms with Crippen molar-refractivity contribution in [1.29, 1.82) is 0 Å². The molecule has 0 atom stereocenters. The molecule has 0 spiro atoms. The Kier molecular flexibility index (Phi) is 5.20. The van der Waals surface area contributed by atoms with Crippen LogP contribution in [0, 0.1) is 6.92 Å². The smallest absolute Gasteiger partial charge is 0.226 e. The standard InChI is InChI=1S/C25H26N4O/c1-19-24(18-28-16-12-21(13-17-28)20-6-3-2-4-7-20)27-25(30-19)22-8-10-23(11-9-22)29-15-5-14-26-29/h2-11,14-15,21H,12-13,16-18H2,1H3. The van der Waals surface area contributed by atoms with Crippen molar-refractivity contribution in [3.05, 3.63) is 90.1 Å². The predicted molar refractivity (Wildman–Crippen MR) is 117 cm³/mol. The second-order valence-corrected chi connectivity index (χ2v) is 7.98. The predicted octanol–water partition coefficient (Wildman–Crippen LogP) is 5.22. The number of nitrogens with zero attached hydrogens (tertiary/aromatic N) is 4. The molecule has 1 aliphatic rings. The minimum atomic E-state index is 0.671. The number of likely N-dealkylation sites (tertiary alicyclic amines) is 1. The maximum absolute atomic E-state index is 6.00. The molecule has 0 radical (unpaired) electrons. The SMILES string of the molecule is Cc1oc(-c2ccc(-n3cccn3)cc2)nc1CN1CCC(c2ccccc2)CC1. The quantitative estimate of drug-likeness (QED) is 0.463. The maximum atomic E-state index is 6.00. The molecule has 0 N–H and O–H groups in total. The van der Waals surface area contributed by atoms with Crippen molar-refractivity contribution >= 4 is 0 Å². The molecule has 0 saturated carbocycles. The zero-order valence-electron chi connectivity index (χ0n) is 17.2. The lowest BCUT2D eigenvalue weighted by Gasteiger charge is -2.31. The summed E-state index contributed by atoms with van der Waals surface area (Å²) in [6.07, 6.45) is 6.11. The molecule has 5 rings (SSSR count). The minimum Gasteiger partial charge on any atom is -0.441 e. The number of rotatable bonds is 5.